The van der Waals surface area contributed by atoms with Crippen LogP contribution in [0.2, 0.25) is 0 Å². The number of rotatable bonds is 5. The largest absolute Gasteiger partial charge is 0.492 e. The molecule has 0 amide bonds. The predicted octanol–water partition coefficient (Wildman–Crippen LogP) is 4.34. The van der Waals surface area contributed by atoms with Crippen LogP contribution in [-0.4, -0.2) is 36.9 Å². The predicted molar refractivity (Wildman–Crippen MR) is 92.9 cm³/mol. The summed E-state index contributed by atoms with van der Waals surface area (Å²) in [6, 6.07) is 6.33. The van der Waals surface area contributed by atoms with E-state index in [1.807, 2.05) is 32.0 Å². The summed E-state index contributed by atoms with van der Waals surface area (Å²) in [6.07, 6.45) is 4.65. The first-order valence-electron chi connectivity index (χ1n) is 8.58. The number of nitrogens with zero attached hydrogens (tertiary/aromatic N) is 1. The molecule has 3 heteroatoms. The standard InChI is InChI=1S/C17H25NO2.C2H6/c1-4-14-11-16(8-9-17(14)13(2)19)20-12-15-7-5-6-10-18(15)3;1-2/h8-9,11,15H,4-7,10,12H2,1-3H3;1-2H3. The van der Waals surface area contributed by atoms with Gasteiger partial charge in [-0.25, -0.2) is 0 Å². The lowest BCUT2D eigenvalue weighted by Crippen LogP contribution is -2.40. The van der Waals surface area contributed by atoms with Crippen LogP contribution >= 0.6 is 0 Å². The Hall–Kier alpha value is -1.35. The van der Waals surface area contributed by atoms with Gasteiger partial charge in [0.25, 0.3) is 0 Å². The summed E-state index contributed by atoms with van der Waals surface area (Å²) in [7, 11) is 2.17. The molecule has 1 aromatic rings. The molecule has 0 N–H and O–H groups in total. The number of Topliss-reactive ketones (excluding diaryl/α,β-unsaturated/α-hetero) is 1. The minimum atomic E-state index is 0.125. The molecule has 22 heavy (non-hydrogen) atoms. The van der Waals surface area contributed by atoms with Crippen LogP contribution in [0.4, 0.5) is 0 Å². The third-order valence-electron chi connectivity index (χ3n) is 4.20. The topological polar surface area (TPSA) is 29.5 Å². The van der Waals surface area contributed by atoms with Gasteiger partial charge < -0.3 is 9.64 Å². The first kappa shape index (κ1) is 18.7. The maximum atomic E-state index is 11.5. The van der Waals surface area contributed by atoms with E-state index in [4.69, 9.17) is 4.74 Å². The Bertz CT molecular complexity index is 471. The van der Waals surface area contributed by atoms with Crippen LogP contribution in [0.5, 0.6) is 5.75 Å². The van der Waals surface area contributed by atoms with E-state index in [1.165, 1.54) is 19.3 Å². The molecule has 1 aliphatic heterocycles. The van der Waals surface area contributed by atoms with Crippen molar-refractivity contribution in [2.75, 3.05) is 20.2 Å². The quantitative estimate of drug-likeness (QED) is 0.758. The van der Waals surface area contributed by atoms with Crippen LogP contribution < -0.4 is 4.74 Å². The Morgan fingerprint density at radius 2 is 2.05 bits per heavy atom. The van der Waals surface area contributed by atoms with Gasteiger partial charge in [-0.2, -0.15) is 0 Å². The zero-order valence-corrected chi connectivity index (χ0v) is 14.8. The third-order valence-corrected chi connectivity index (χ3v) is 4.20. The molecule has 1 fully saturated rings. The monoisotopic (exact) mass is 305 g/mol. The van der Waals surface area contributed by atoms with Gasteiger partial charge in [-0.3, -0.25) is 4.79 Å². The number of aryl methyl sites for hydroxylation is 1. The lowest BCUT2D eigenvalue weighted by molar-refractivity contribution is 0.101. The second-order valence-electron chi connectivity index (χ2n) is 5.67. The lowest BCUT2D eigenvalue weighted by Gasteiger charge is -2.32. The molecule has 1 aromatic carbocycles. The van der Waals surface area contributed by atoms with E-state index in [2.05, 4.69) is 18.9 Å². The molecule has 1 aliphatic rings. The van der Waals surface area contributed by atoms with Crippen LogP contribution in [-0.2, 0) is 6.42 Å². The van der Waals surface area contributed by atoms with Crippen LogP contribution in [0, 0.1) is 0 Å². The highest BCUT2D eigenvalue weighted by Gasteiger charge is 2.19. The van der Waals surface area contributed by atoms with Crippen LogP contribution in [0.1, 0.15) is 62.9 Å². The number of likely N-dealkylation sites (N-methyl/N-ethyl adjacent to an activating group) is 1. The summed E-state index contributed by atoms with van der Waals surface area (Å²) in [5.74, 6) is 1.01. The summed E-state index contributed by atoms with van der Waals surface area (Å²) in [5.41, 5.74) is 1.89. The van der Waals surface area contributed by atoms with Gasteiger partial charge in [-0.05, 0) is 63.5 Å². The van der Waals surface area contributed by atoms with Crippen molar-refractivity contribution in [2.24, 2.45) is 0 Å². The number of ketones is 1. The van der Waals surface area contributed by atoms with E-state index in [1.54, 1.807) is 6.92 Å². The van der Waals surface area contributed by atoms with E-state index in [-0.39, 0.29) is 5.78 Å². The molecule has 0 radical (unpaired) electrons. The summed E-state index contributed by atoms with van der Waals surface area (Å²) in [4.78, 5) is 13.9. The van der Waals surface area contributed by atoms with Crippen molar-refractivity contribution in [2.45, 2.75) is 59.4 Å². The summed E-state index contributed by atoms with van der Waals surface area (Å²) in [5, 5.41) is 0. The molecule has 0 spiro atoms. The average molecular weight is 305 g/mol. The van der Waals surface area contributed by atoms with Crippen LogP contribution in [0.3, 0.4) is 0 Å². The lowest BCUT2D eigenvalue weighted by atomic mass is 10.0. The first-order chi connectivity index (χ1) is 10.6. The van der Waals surface area contributed by atoms with Crippen molar-refractivity contribution in [3.8, 4) is 5.75 Å². The zero-order valence-electron chi connectivity index (χ0n) is 14.8. The van der Waals surface area contributed by atoms with Crippen molar-refractivity contribution in [3.63, 3.8) is 0 Å². The third kappa shape index (κ3) is 5.13. The second kappa shape index (κ2) is 9.62. The minimum absolute atomic E-state index is 0.125. The zero-order chi connectivity index (χ0) is 16.5. The highest BCUT2D eigenvalue weighted by molar-refractivity contribution is 5.95. The van der Waals surface area contributed by atoms with E-state index < -0.39 is 0 Å². The maximum Gasteiger partial charge on any atom is 0.160 e. The molecule has 0 aromatic heterocycles. The molecule has 1 unspecified atom stereocenters. The van der Waals surface area contributed by atoms with Gasteiger partial charge in [0.1, 0.15) is 12.4 Å². The normalized spacial score (nSPS) is 18.3. The van der Waals surface area contributed by atoms with Crippen LogP contribution in [0.25, 0.3) is 0 Å². The first-order valence-corrected chi connectivity index (χ1v) is 8.58. The molecule has 1 heterocycles. The van der Waals surface area contributed by atoms with E-state index in [0.29, 0.717) is 6.04 Å². The highest BCUT2D eigenvalue weighted by atomic mass is 16.5. The van der Waals surface area contributed by atoms with Gasteiger partial charge in [-0.15, -0.1) is 0 Å². The van der Waals surface area contributed by atoms with Crippen molar-refractivity contribution in [3.05, 3.63) is 29.3 Å². The molecular weight excluding hydrogens is 274 g/mol. The Kier molecular flexibility index (Phi) is 8.18. The highest BCUT2D eigenvalue weighted by Crippen LogP contribution is 2.21. The molecule has 124 valence electrons. The molecule has 0 saturated carbocycles. The molecule has 3 nitrogen and oxygen atoms in total. The van der Waals surface area contributed by atoms with Gasteiger partial charge in [0.05, 0.1) is 0 Å². The number of carbonyl (C=O) groups excluding carboxylic acids is 1. The molecule has 1 saturated heterocycles. The van der Waals surface area contributed by atoms with E-state index in [9.17, 15) is 4.79 Å². The maximum absolute atomic E-state index is 11.5. The number of ether oxygens (including phenoxy) is 1. The number of hydrogen-bond donors (Lipinski definition) is 0. The van der Waals surface area contributed by atoms with Gasteiger partial charge in [-0.1, -0.05) is 27.2 Å². The fraction of sp³-hybridized carbons (Fsp3) is 0.632. The van der Waals surface area contributed by atoms with Gasteiger partial charge in [0.2, 0.25) is 0 Å². The van der Waals surface area contributed by atoms with Gasteiger partial charge in [0.15, 0.2) is 5.78 Å². The molecule has 1 atom stereocenters. The van der Waals surface area contributed by atoms with Crippen LogP contribution in [0.15, 0.2) is 18.2 Å². The van der Waals surface area contributed by atoms with Gasteiger partial charge >= 0.3 is 0 Å². The smallest absolute Gasteiger partial charge is 0.160 e. The number of benzene rings is 1. The fourth-order valence-corrected chi connectivity index (χ4v) is 2.84. The van der Waals surface area contributed by atoms with Gasteiger partial charge in [0, 0.05) is 11.6 Å². The SMILES string of the molecule is CC.CCc1cc(OCC2CCCCN2C)ccc1C(C)=O. The minimum Gasteiger partial charge on any atom is -0.492 e. The Morgan fingerprint density at radius 3 is 2.64 bits per heavy atom. The summed E-state index contributed by atoms with van der Waals surface area (Å²) < 4.78 is 5.94. The van der Waals surface area contributed by atoms with Crippen molar-refractivity contribution < 1.29 is 9.53 Å². The van der Waals surface area contributed by atoms with E-state index in [0.717, 1.165) is 36.4 Å². The second-order valence-corrected chi connectivity index (χ2v) is 5.67. The fourth-order valence-electron chi connectivity index (χ4n) is 2.84. The molecule has 0 bridgehead atoms. The Labute approximate surface area is 135 Å². The summed E-state index contributed by atoms with van der Waals surface area (Å²) in [6.45, 7) is 9.59. The average Bonchev–Trinajstić information content (AvgIpc) is 2.55. The number of likely N-dealkylation sites (tertiary alicyclic amines) is 1. The number of piperidine rings is 1. The van der Waals surface area contributed by atoms with Crippen molar-refractivity contribution in [1.82, 2.24) is 4.90 Å². The molecular formula is C19H31NO2. The Morgan fingerprint density at radius 1 is 1.32 bits per heavy atom. The van der Waals surface area contributed by atoms with E-state index >= 15 is 0 Å². The molecule has 2 rings (SSSR count). The van der Waals surface area contributed by atoms with Crippen molar-refractivity contribution >= 4 is 5.78 Å². The Balaban J connectivity index is 0.00000116. The van der Waals surface area contributed by atoms with Crippen molar-refractivity contribution in [1.29, 1.82) is 0 Å². The summed E-state index contributed by atoms with van der Waals surface area (Å²) >= 11 is 0. The number of hydrogen-bond acceptors (Lipinski definition) is 3. The molecule has 0 aliphatic carbocycles. The number of carbonyl (C=O) groups is 1.